The summed E-state index contributed by atoms with van der Waals surface area (Å²) in [6, 6.07) is 14.6. The van der Waals surface area contributed by atoms with E-state index in [2.05, 4.69) is 0 Å². The summed E-state index contributed by atoms with van der Waals surface area (Å²) in [5.74, 6) is -3.14. The van der Waals surface area contributed by atoms with Crippen molar-refractivity contribution in [3.63, 3.8) is 0 Å². The van der Waals surface area contributed by atoms with E-state index in [-0.39, 0.29) is 17.5 Å². The van der Waals surface area contributed by atoms with Crippen molar-refractivity contribution >= 4 is 35.0 Å². The molecule has 2 fully saturated rings. The van der Waals surface area contributed by atoms with Crippen LogP contribution in [-0.2, 0) is 9.59 Å². The Labute approximate surface area is 182 Å². The van der Waals surface area contributed by atoms with Crippen LogP contribution in [0.2, 0.25) is 0 Å². The summed E-state index contributed by atoms with van der Waals surface area (Å²) in [4.78, 5) is 43.7. The number of benzene rings is 2. The summed E-state index contributed by atoms with van der Waals surface area (Å²) in [5, 5.41) is 0. The Morgan fingerprint density at radius 2 is 1.66 bits per heavy atom. The Kier molecular flexibility index (Phi) is 3.95. The minimum Gasteiger partial charge on any atom is -0.461 e. The topological polar surface area (TPSA) is 70.8 Å². The average molecular weight is 428 g/mol. The summed E-state index contributed by atoms with van der Waals surface area (Å²) in [5.41, 5.74) is 2.01. The minimum absolute atomic E-state index is 0.141. The van der Waals surface area contributed by atoms with E-state index < -0.39 is 35.6 Å². The van der Waals surface area contributed by atoms with Crippen molar-refractivity contribution in [1.29, 1.82) is 0 Å². The number of amides is 2. The van der Waals surface area contributed by atoms with Crippen molar-refractivity contribution in [2.24, 2.45) is 11.8 Å². The van der Waals surface area contributed by atoms with Gasteiger partial charge < -0.3 is 9.32 Å². The number of hydrogen-bond donors (Lipinski definition) is 0. The number of halogens is 1. The lowest BCUT2D eigenvalue weighted by atomic mass is 9.87. The lowest BCUT2D eigenvalue weighted by Gasteiger charge is -2.36. The van der Waals surface area contributed by atoms with Crippen molar-refractivity contribution in [1.82, 2.24) is 0 Å². The second kappa shape index (κ2) is 6.75. The number of Topliss-reactive ketones (excluding diaryl/α,β-unsaturated/α-hetero) is 1. The van der Waals surface area contributed by atoms with Gasteiger partial charge in [0.1, 0.15) is 11.9 Å². The molecule has 1 aromatic heterocycles. The molecule has 2 aromatic carbocycles. The molecule has 3 aromatic rings. The molecule has 2 amide bonds. The van der Waals surface area contributed by atoms with E-state index in [1.807, 2.05) is 41.3 Å². The van der Waals surface area contributed by atoms with E-state index in [4.69, 9.17) is 4.42 Å². The minimum atomic E-state index is -0.899. The number of hydrogen-bond acceptors (Lipinski definition) is 5. The highest BCUT2D eigenvalue weighted by molar-refractivity contribution is 6.25. The maximum Gasteiger partial charge on any atom is 0.240 e. The van der Waals surface area contributed by atoms with Crippen molar-refractivity contribution in [3.05, 3.63) is 90.1 Å². The first kappa shape index (κ1) is 18.7. The highest BCUT2D eigenvalue weighted by Crippen LogP contribution is 2.49. The summed E-state index contributed by atoms with van der Waals surface area (Å²) >= 11 is 0. The van der Waals surface area contributed by atoms with Crippen LogP contribution >= 0.6 is 0 Å². The maximum atomic E-state index is 13.6. The number of rotatable bonds is 3. The molecule has 0 spiro atoms. The second-order valence-corrected chi connectivity index (χ2v) is 8.14. The van der Waals surface area contributed by atoms with Crippen molar-refractivity contribution < 1.29 is 23.2 Å². The maximum absolute atomic E-state index is 13.6. The van der Waals surface area contributed by atoms with Crippen molar-refractivity contribution in [2.75, 3.05) is 9.80 Å². The first-order valence-corrected chi connectivity index (χ1v) is 10.3. The lowest BCUT2D eigenvalue weighted by molar-refractivity contribution is -0.122. The number of carbonyl (C=O) groups is 3. The van der Waals surface area contributed by atoms with Crippen LogP contribution < -0.4 is 9.80 Å². The number of anilines is 2. The number of carbonyl (C=O) groups excluding carboxylic acids is 3. The highest BCUT2D eigenvalue weighted by Gasteiger charge is 2.64. The molecule has 0 aliphatic carbocycles. The highest BCUT2D eigenvalue weighted by atomic mass is 19.1. The fraction of sp³-hybridized carbons (Fsp3) is 0.160. The Balaban J connectivity index is 1.50. The molecule has 4 atom stereocenters. The third-order valence-corrected chi connectivity index (χ3v) is 6.53. The van der Waals surface area contributed by atoms with Crippen LogP contribution in [0.1, 0.15) is 16.1 Å². The molecule has 6 nitrogen and oxygen atoms in total. The summed E-state index contributed by atoms with van der Waals surface area (Å²) in [7, 11) is 0. The molecular formula is C25H17FN2O4. The molecule has 0 radical (unpaired) electrons. The van der Waals surface area contributed by atoms with Gasteiger partial charge in [-0.15, -0.1) is 0 Å². The number of furan rings is 1. The standard InChI is InChI=1S/C25H17FN2O4/c26-15-8-10-16(11-9-15)27-24(30)20-18-12-7-14-4-1-2-5-17(14)28(18)22(21(20)25(27)31)23(29)19-6-3-13-32-19/h1-13,18,20-22H/t18-,20-,21-,22+/m0/s1. The molecule has 2 saturated heterocycles. The molecular weight excluding hydrogens is 411 g/mol. The van der Waals surface area contributed by atoms with Gasteiger partial charge in [-0.2, -0.15) is 0 Å². The van der Waals surface area contributed by atoms with Gasteiger partial charge in [0.2, 0.25) is 17.6 Å². The quantitative estimate of drug-likeness (QED) is 0.470. The van der Waals surface area contributed by atoms with Crippen LogP contribution in [0.15, 0.2) is 77.4 Å². The first-order chi connectivity index (χ1) is 15.6. The van der Waals surface area contributed by atoms with Gasteiger partial charge in [-0.3, -0.25) is 14.4 Å². The Morgan fingerprint density at radius 3 is 2.41 bits per heavy atom. The van der Waals surface area contributed by atoms with Crippen LogP contribution in [0.5, 0.6) is 0 Å². The van der Waals surface area contributed by atoms with Crippen LogP contribution in [0.25, 0.3) is 6.08 Å². The number of nitrogens with zero attached hydrogens (tertiary/aromatic N) is 2. The van der Waals surface area contributed by atoms with Gasteiger partial charge in [0, 0.05) is 5.69 Å². The largest absolute Gasteiger partial charge is 0.461 e. The van der Waals surface area contributed by atoms with E-state index in [1.54, 1.807) is 12.1 Å². The van der Waals surface area contributed by atoms with E-state index in [9.17, 15) is 18.8 Å². The number of imide groups is 1. The summed E-state index contributed by atoms with van der Waals surface area (Å²) in [6.45, 7) is 0. The van der Waals surface area contributed by atoms with Crippen molar-refractivity contribution in [3.8, 4) is 0 Å². The molecule has 0 saturated carbocycles. The van der Waals surface area contributed by atoms with Gasteiger partial charge >= 0.3 is 0 Å². The van der Waals surface area contributed by atoms with Gasteiger partial charge in [-0.05, 0) is 48.0 Å². The Hall–Kier alpha value is -4.00. The fourth-order valence-electron chi connectivity index (χ4n) is 5.22. The van der Waals surface area contributed by atoms with Crippen LogP contribution in [0.3, 0.4) is 0 Å². The van der Waals surface area contributed by atoms with Gasteiger partial charge in [0.05, 0.1) is 29.8 Å². The summed E-state index contributed by atoms with van der Waals surface area (Å²) in [6.07, 6.45) is 5.22. The zero-order valence-electron chi connectivity index (χ0n) is 16.7. The Bertz CT molecular complexity index is 1280. The van der Waals surface area contributed by atoms with Gasteiger partial charge in [-0.1, -0.05) is 30.4 Å². The number of fused-ring (bicyclic) bond motifs is 5. The normalized spacial score (nSPS) is 25.7. The molecule has 6 rings (SSSR count). The third kappa shape index (κ3) is 2.48. The molecule has 3 aliphatic rings. The first-order valence-electron chi connectivity index (χ1n) is 10.3. The Morgan fingerprint density at radius 1 is 0.906 bits per heavy atom. The molecule has 32 heavy (non-hydrogen) atoms. The molecule has 0 unspecified atom stereocenters. The molecule has 3 aliphatic heterocycles. The lowest BCUT2D eigenvalue weighted by Crippen LogP contribution is -2.48. The zero-order chi connectivity index (χ0) is 22.0. The molecule has 7 heteroatoms. The predicted octanol–water partition coefficient (Wildman–Crippen LogP) is 3.69. The monoisotopic (exact) mass is 428 g/mol. The van der Waals surface area contributed by atoms with Gasteiger partial charge in [-0.25, -0.2) is 9.29 Å². The molecule has 0 bridgehead atoms. The second-order valence-electron chi connectivity index (χ2n) is 8.14. The van der Waals surface area contributed by atoms with E-state index in [0.29, 0.717) is 5.69 Å². The smallest absolute Gasteiger partial charge is 0.240 e. The fourth-order valence-corrected chi connectivity index (χ4v) is 5.22. The summed E-state index contributed by atoms with van der Waals surface area (Å²) < 4.78 is 18.8. The van der Waals surface area contributed by atoms with Crippen LogP contribution in [0.4, 0.5) is 15.8 Å². The third-order valence-electron chi connectivity index (χ3n) is 6.53. The van der Waals surface area contributed by atoms with Crippen LogP contribution in [-0.4, -0.2) is 29.7 Å². The van der Waals surface area contributed by atoms with E-state index in [1.165, 1.54) is 30.5 Å². The van der Waals surface area contributed by atoms with E-state index in [0.717, 1.165) is 16.2 Å². The SMILES string of the molecule is O=C(c1ccco1)[C@H]1[C@H]2C(=O)N(c3ccc(F)cc3)C(=O)[C@H]2[C@@H]2C=Cc3ccccc3N21. The predicted molar refractivity (Wildman–Crippen MR) is 114 cm³/mol. The van der Waals surface area contributed by atoms with E-state index >= 15 is 0 Å². The molecule has 4 heterocycles. The molecule has 0 N–H and O–H groups in total. The van der Waals surface area contributed by atoms with Crippen LogP contribution in [0, 0.1) is 17.7 Å². The van der Waals surface area contributed by atoms with Gasteiger partial charge in [0.15, 0.2) is 5.76 Å². The zero-order valence-corrected chi connectivity index (χ0v) is 16.7. The average Bonchev–Trinajstić information content (AvgIpc) is 3.51. The van der Waals surface area contributed by atoms with Crippen molar-refractivity contribution in [2.45, 2.75) is 12.1 Å². The van der Waals surface area contributed by atoms with Gasteiger partial charge in [0.25, 0.3) is 0 Å². The molecule has 158 valence electrons. The number of para-hydroxylation sites is 1. The number of ketones is 1.